The summed E-state index contributed by atoms with van der Waals surface area (Å²) in [7, 11) is 1.47. The average molecular weight is 368 g/mol. The van der Waals surface area contributed by atoms with Crippen LogP contribution in [-0.4, -0.2) is 22.4 Å². The van der Waals surface area contributed by atoms with Crippen LogP contribution in [0.5, 0.6) is 23.0 Å². The zero-order chi connectivity index (χ0) is 19.7. The van der Waals surface area contributed by atoms with Crippen molar-refractivity contribution in [2.75, 3.05) is 7.11 Å². The van der Waals surface area contributed by atoms with Crippen LogP contribution in [0, 0.1) is 0 Å². The van der Waals surface area contributed by atoms with Gasteiger partial charge in [0.2, 0.25) is 11.2 Å². The van der Waals surface area contributed by atoms with Gasteiger partial charge in [0.1, 0.15) is 17.8 Å². The van der Waals surface area contributed by atoms with Crippen LogP contribution >= 0.6 is 0 Å². The smallest absolute Gasteiger partial charge is 0.202 e. The molecule has 0 radical (unpaired) electrons. The average Bonchev–Trinajstić information content (AvgIpc) is 2.64. The molecular weight excluding hydrogens is 348 g/mol. The van der Waals surface area contributed by atoms with Gasteiger partial charge in [-0.2, -0.15) is 0 Å². The number of hydrogen-bond donors (Lipinski definition) is 3. The van der Waals surface area contributed by atoms with Gasteiger partial charge in [0.05, 0.1) is 18.1 Å². The molecule has 3 N–H and O–H groups in total. The zero-order valence-corrected chi connectivity index (χ0v) is 15.2. The van der Waals surface area contributed by atoms with Crippen molar-refractivity contribution in [2.24, 2.45) is 0 Å². The molecule has 3 rings (SSSR count). The van der Waals surface area contributed by atoms with Gasteiger partial charge in [0.25, 0.3) is 0 Å². The molecule has 6 nitrogen and oxygen atoms in total. The molecule has 0 fully saturated rings. The lowest BCUT2D eigenvalue weighted by molar-refractivity contribution is 0.396. The Kier molecular flexibility index (Phi) is 4.81. The van der Waals surface area contributed by atoms with Crippen molar-refractivity contribution in [2.45, 2.75) is 20.3 Å². The highest BCUT2D eigenvalue weighted by atomic mass is 16.5. The molecule has 0 amide bonds. The SMILES string of the molecule is COc1ccc(-c2coc3c(O)c(O)c(CC=C(C)C)cc3c2=O)c(O)c1. The standard InChI is InChI=1S/C21H20O6/c1-11(2)4-5-12-8-15-19(24)16(10-27-21(15)20(25)18(12)23)14-7-6-13(26-3)9-17(14)22/h4,6-10,22-23,25H,5H2,1-3H3. The summed E-state index contributed by atoms with van der Waals surface area (Å²) in [5, 5.41) is 30.8. The minimum atomic E-state index is -0.479. The highest BCUT2D eigenvalue weighted by molar-refractivity contribution is 5.89. The number of aromatic hydroxyl groups is 3. The number of hydrogen-bond acceptors (Lipinski definition) is 6. The van der Waals surface area contributed by atoms with Crippen LogP contribution in [0.25, 0.3) is 22.1 Å². The van der Waals surface area contributed by atoms with E-state index in [0.717, 1.165) is 11.8 Å². The van der Waals surface area contributed by atoms with E-state index in [9.17, 15) is 20.1 Å². The van der Waals surface area contributed by atoms with Crippen LogP contribution in [-0.2, 0) is 6.42 Å². The quantitative estimate of drug-likeness (QED) is 0.474. The van der Waals surface area contributed by atoms with Crippen molar-refractivity contribution in [3.05, 3.63) is 58.0 Å². The molecule has 0 aliphatic carbocycles. The molecule has 0 saturated carbocycles. The summed E-state index contributed by atoms with van der Waals surface area (Å²) in [4.78, 5) is 13.0. The molecule has 0 aliphatic heterocycles. The number of rotatable bonds is 4. The summed E-state index contributed by atoms with van der Waals surface area (Å²) in [5.74, 6) is -0.475. The van der Waals surface area contributed by atoms with E-state index in [2.05, 4.69) is 0 Å². The molecule has 0 unspecified atom stereocenters. The van der Waals surface area contributed by atoms with Crippen LogP contribution < -0.4 is 10.2 Å². The first kappa shape index (κ1) is 18.4. The summed E-state index contributed by atoms with van der Waals surface area (Å²) < 4.78 is 10.5. The van der Waals surface area contributed by atoms with Crippen molar-refractivity contribution in [1.82, 2.24) is 0 Å². The van der Waals surface area contributed by atoms with E-state index in [1.165, 1.54) is 19.2 Å². The minimum absolute atomic E-state index is 0.102. The molecule has 1 heterocycles. The largest absolute Gasteiger partial charge is 0.507 e. The lowest BCUT2D eigenvalue weighted by Gasteiger charge is -2.10. The topological polar surface area (TPSA) is 100 Å². The number of allylic oxidation sites excluding steroid dienone is 2. The Labute approximate surface area is 155 Å². The Bertz CT molecular complexity index is 1100. The molecule has 3 aromatic rings. The highest BCUT2D eigenvalue weighted by Gasteiger charge is 2.19. The van der Waals surface area contributed by atoms with Crippen molar-refractivity contribution in [3.8, 4) is 34.1 Å². The fourth-order valence-electron chi connectivity index (χ4n) is 2.82. The van der Waals surface area contributed by atoms with Gasteiger partial charge in [-0.1, -0.05) is 11.6 Å². The Hall–Kier alpha value is -3.41. The lowest BCUT2D eigenvalue weighted by atomic mass is 10.0. The van der Waals surface area contributed by atoms with Gasteiger partial charge in [0, 0.05) is 17.2 Å². The predicted molar refractivity (Wildman–Crippen MR) is 103 cm³/mol. The fourth-order valence-corrected chi connectivity index (χ4v) is 2.82. The molecule has 0 bridgehead atoms. The first-order valence-electron chi connectivity index (χ1n) is 8.33. The third-order valence-corrected chi connectivity index (χ3v) is 4.32. The molecule has 0 atom stereocenters. The van der Waals surface area contributed by atoms with E-state index in [0.29, 0.717) is 17.7 Å². The van der Waals surface area contributed by atoms with Crippen molar-refractivity contribution in [3.63, 3.8) is 0 Å². The molecule has 140 valence electrons. The van der Waals surface area contributed by atoms with Crippen LogP contribution in [0.4, 0.5) is 0 Å². The summed E-state index contributed by atoms with van der Waals surface area (Å²) >= 11 is 0. The van der Waals surface area contributed by atoms with Crippen LogP contribution in [0.15, 0.2) is 51.4 Å². The van der Waals surface area contributed by atoms with Gasteiger partial charge in [-0.3, -0.25) is 4.79 Å². The second-order valence-corrected chi connectivity index (χ2v) is 6.46. The highest BCUT2D eigenvalue weighted by Crippen LogP contribution is 2.38. The number of phenolic OH excluding ortho intramolecular Hbond substituents is 3. The van der Waals surface area contributed by atoms with Gasteiger partial charge >= 0.3 is 0 Å². The molecule has 0 aliphatic rings. The summed E-state index contributed by atoms with van der Waals surface area (Å²) in [6.45, 7) is 3.83. The van der Waals surface area contributed by atoms with Crippen molar-refractivity contribution in [1.29, 1.82) is 0 Å². The third-order valence-electron chi connectivity index (χ3n) is 4.32. The summed E-state index contributed by atoms with van der Waals surface area (Å²) in [6, 6.07) is 6.07. The maximum Gasteiger partial charge on any atom is 0.202 e. The fraction of sp³-hybridized carbons (Fsp3) is 0.190. The normalized spacial score (nSPS) is 10.8. The van der Waals surface area contributed by atoms with Gasteiger partial charge < -0.3 is 24.5 Å². The van der Waals surface area contributed by atoms with Crippen LogP contribution in [0.3, 0.4) is 0 Å². The van der Waals surface area contributed by atoms with Gasteiger partial charge in [-0.15, -0.1) is 0 Å². The van der Waals surface area contributed by atoms with Crippen LogP contribution in [0.1, 0.15) is 19.4 Å². The van der Waals surface area contributed by atoms with E-state index in [4.69, 9.17) is 9.15 Å². The van der Waals surface area contributed by atoms with Gasteiger partial charge in [-0.25, -0.2) is 0 Å². The molecule has 6 heteroatoms. The number of fused-ring (bicyclic) bond motifs is 1. The van der Waals surface area contributed by atoms with E-state index in [-0.39, 0.29) is 33.6 Å². The molecule has 0 saturated heterocycles. The molecule has 2 aromatic carbocycles. The van der Waals surface area contributed by atoms with Gasteiger partial charge in [-0.05, 0) is 38.5 Å². The van der Waals surface area contributed by atoms with Crippen molar-refractivity contribution < 1.29 is 24.5 Å². The Morgan fingerprint density at radius 2 is 1.85 bits per heavy atom. The first-order chi connectivity index (χ1) is 12.8. The number of ether oxygens (including phenoxy) is 1. The monoisotopic (exact) mass is 368 g/mol. The Morgan fingerprint density at radius 3 is 2.48 bits per heavy atom. The molecular formula is C21H20O6. The second kappa shape index (κ2) is 7.07. The van der Waals surface area contributed by atoms with E-state index < -0.39 is 11.2 Å². The van der Waals surface area contributed by atoms with Gasteiger partial charge in [0.15, 0.2) is 11.3 Å². The maximum absolute atomic E-state index is 13.0. The Balaban J connectivity index is 2.23. The van der Waals surface area contributed by atoms with E-state index in [1.54, 1.807) is 12.1 Å². The number of phenols is 3. The van der Waals surface area contributed by atoms with Crippen molar-refractivity contribution >= 4 is 11.0 Å². The molecule has 27 heavy (non-hydrogen) atoms. The van der Waals surface area contributed by atoms with E-state index in [1.807, 2.05) is 19.9 Å². The van der Waals surface area contributed by atoms with E-state index >= 15 is 0 Å². The number of methoxy groups -OCH3 is 1. The minimum Gasteiger partial charge on any atom is -0.507 e. The van der Waals surface area contributed by atoms with Crippen LogP contribution in [0.2, 0.25) is 0 Å². The first-order valence-corrected chi connectivity index (χ1v) is 8.33. The third kappa shape index (κ3) is 3.33. The summed E-state index contributed by atoms with van der Waals surface area (Å²) in [5.41, 5.74) is 1.34. The maximum atomic E-state index is 13.0. The predicted octanol–water partition coefficient (Wildman–Crippen LogP) is 4.09. The molecule has 0 spiro atoms. The number of benzene rings is 2. The Morgan fingerprint density at radius 1 is 1.11 bits per heavy atom. The molecule has 1 aromatic heterocycles. The lowest BCUT2D eigenvalue weighted by Crippen LogP contribution is -2.06. The zero-order valence-electron chi connectivity index (χ0n) is 15.2. The second-order valence-electron chi connectivity index (χ2n) is 6.46. The summed E-state index contributed by atoms with van der Waals surface area (Å²) in [6.07, 6.45) is 3.39.